The molecule has 2 heterocycles. The van der Waals surface area contributed by atoms with E-state index in [-0.39, 0.29) is 12.8 Å². The van der Waals surface area contributed by atoms with Crippen LogP contribution in [0.5, 0.6) is 11.5 Å². The molecule has 0 saturated carbocycles. The van der Waals surface area contributed by atoms with Crippen LogP contribution in [-0.4, -0.2) is 17.8 Å². The summed E-state index contributed by atoms with van der Waals surface area (Å²) in [6.07, 6.45) is 0. The highest BCUT2D eigenvalue weighted by molar-refractivity contribution is 7.21. The first-order chi connectivity index (χ1) is 14.2. The molecule has 0 saturated heterocycles. The number of rotatable bonds is 3. The number of urea groups is 1. The lowest BCUT2D eigenvalue weighted by molar-refractivity contribution is 0.174. The van der Waals surface area contributed by atoms with Crippen LogP contribution < -0.4 is 20.1 Å². The van der Waals surface area contributed by atoms with Crippen LogP contribution in [0.1, 0.15) is 5.56 Å². The number of benzene rings is 3. The normalized spacial score (nSPS) is 12.2. The van der Waals surface area contributed by atoms with Gasteiger partial charge in [-0.25, -0.2) is 9.78 Å². The van der Waals surface area contributed by atoms with Gasteiger partial charge in [-0.1, -0.05) is 12.1 Å². The number of fused-ring (bicyclic) bond motifs is 2. The number of aromatic nitrogens is 1. The molecule has 1 aliphatic rings. The molecule has 0 fully saturated rings. The van der Waals surface area contributed by atoms with E-state index in [1.54, 1.807) is 29.5 Å². The van der Waals surface area contributed by atoms with Crippen molar-refractivity contribution in [3.8, 4) is 22.1 Å². The number of thiazole rings is 1. The SMILES string of the molecule is Cc1cc(-c2nc3ccccc3s2)ccc1NC(=O)Nc1ccc2c(c1)OCO2. The Labute approximate surface area is 171 Å². The number of carbonyl (C=O) groups excluding carboxylic acids is 1. The van der Waals surface area contributed by atoms with Crippen LogP contribution in [0.3, 0.4) is 0 Å². The molecule has 0 spiro atoms. The minimum Gasteiger partial charge on any atom is -0.454 e. The molecule has 3 aromatic carbocycles. The van der Waals surface area contributed by atoms with E-state index >= 15 is 0 Å². The van der Waals surface area contributed by atoms with E-state index in [2.05, 4.69) is 16.7 Å². The van der Waals surface area contributed by atoms with E-state index in [0.717, 1.165) is 32.0 Å². The number of aryl methyl sites for hydroxylation is 1. The fraction of sp³-hybridized carbons (Fsp3) is 0.0909. The van der Waals surface area contributed by atoms with Gasteiger partial charge in [0.15, 0.2) is 11.5 Å². The molecule has 2 N–H and O–H groups in total. The van der Waals surface area contributed by atoms with Gasteiger partial charge in [0.05, 0.1) is 10.2 Å². The number of ether oxygens (including phenoxy) is 2. The molecular weight excluding hydrogens is 386 g/mol. The van der Waals surface area contributed by atoms with Gasteiger partial charge in [-0.3, -0.25) is 0 Å². The van der Waals surface area contributed by atoms with Crippen molar-refractivity contribution in [3.63, 3.8) is 0 Å². The highest BCUT2D eigenvalue weighted by Gasteiger charge is 2.15. The Hall–Kier alpha value is -3.58. The minimum atomic E-state index is -0.320. The van der Waals surface area contributed by atoms with E-state index in [1.165, 1.54) is 0 Å². The van der Waals surface area contributed by atoms with Crippen molar-refractivity contribution in [3.05, 3.63) is 66.2 Å². The average Bonchev–Trinajstić information content (AvgIpc) is 3.35. The van der Waals surface area contributed by atoms with Gasteiger partial charge in [0.25, 0.3) is 0 Å². The summed E-state index contributed by atoms with van der Waals surface area (Å²) in [4.78, 5) is 17.1. The number of hydrogen-bond donors (Lipinski definition) is 2. The van der Waals surface area contributed by atoms with Crippen molar-refractivity contribution in [2.24, 2.45) is 0 Å². The Morgan fingerprint density at radius 2 is 1.86 bits per heavy atom. The topological polar surface area (TPSA) is 72.5 Å². The number of nitrogens with zero attached hydrogens (tertiary/aromatic N) is 1. The van der Waals surface area contributed by atoms with Crippen molar-refractivity contribution in [2.75, 3.05) is 17.4 Å². The fourth-order valence-electron chi connectivity index (χ4n) is 3.19. The second-order valence-electron chi connectivity index (χ2n) is 6.66. The number of amides is 2. The minimum absolute atomic E-state index is 0.200. The van der Waals surface area contributed by atoms with Gasteiger partial charge in [-0.05, 0) is 55.0 Å². The second-order valence-corrected chi connectivity index (χ2v) is 7.69. The lowest BCUT2D eigenvalue weighted by Crippen LogP contribution is -2.19. The van der Waals surface area contributed by atoms with Crippen LogP contribution in [0.4, 0.5) is 16.2 Å². The van der Waals surface area contributed by atoms with Gasteiger partial charge in [-0.2, -0.15) is 0 Å². The van der Waals surface area contributed by atoms with Crippen molar-refractivity contribution in [1.82, 2.24) is 4.98 Å². The van der Waals surface area contributed by atoms with Crippen molar-refractivity contribution >= 4 is 39.0 Å². The number of hydrogen-bond acceptors (Lipinski definition) is 5. The Morgan fingerprint density at radius 1 is 1.00 bits per heavy atom. The van der Waals surface area contributed by atoms with Crippen LogP contribution >= 0.6 is 11.3 Å². The summed E-state index contributed by atoms with van der Waals surface area (Å²) in [5.41, 5.74) is 4.37. The molecule has 5 rings (SSSR count). The quantitative estimate of drug-likeness (QED) is 0.464. The summed E-state index contributed by atoms with van der Waals surface area (Å²) in [6, 6.07) is 19.0. The van der Waals surface area contributed by atoms with Gasteiger partial charge in [0.1, 0.15) is 5.01 Å². The van der Waals surface area contributed by atoms with Crippen LogP contribution in [0.2, 0.25) is 0 Å². The summed E-state index contributed by atoms with van der Waals surface area (Å²) >= 11 is 1.66. The predicted octanol–water partition coefficient (Wildman–Crippen LogP) is 5.64. The third kappa shape index (κ3) is 3.48. The molecule has 7 heteroatoms. The molecule has 4 aromatic rings. The first kappa shape index (κ1) is 17.5. The molecule has 0 aliphatic carbocycles. The third-order valence-electron chi connectivity index (χ3n) is 4.65. The highest BCUT2D eigenvalue weighted by Crippen LogP contribution is 2.34. The van der Waals surface area contributed by atoms with E-state index in [4.69, 9.17) is 14.5 Å². The largest absolute Gasteiger partial charge is 0.454 e. The van der Waals surface area contributed by atoms with E-state index in [0.29, 0.717) is 17.2 Å². The second kappa shape index (κ2) is 7.10. The summed E-state index contributed by atoms with van der Waals surface area (Å²) in [7, 11) is 0. The highest BCUT2D eigenvalue weighted by atomic mass is 32.1. The maximum absolute atomic E-state index is 12.4. The molecule has 0 atom stereocenters. The number of anilines is 2. The number of para-hydroxylation sites is 1. The average molecular weight is 403 g/mol. The molecule has 2 amide bonds. The Bertz CT molecular complexity index is 1200. The summed E-state index contributed by atoms with van der Waals surface area (Å²) in [6.45, 7) is 2.16. The molecule has 0 radical (unpaired) electrons. The third-order valence-corrected chi connectivity index (χ3v) is 5.73. The molecule has 1 aromatic heterocycles. The van der Waals surface area contributed by atoms with Crippen molar-refractivity contribution in [2.45, 2.75) is 6.92 Å². The van der Waals surface area contributed by atoms with E-state index in [1.807, 2.05) is 43.3 Å². The van der Waals surface area contributed by atoms with Crippen molar-refractivity contribution < 1.29 is 14.3 Å². The summed E-state index contributed by atoms with van der Waals surface area (Å²) < 4.78 is 11.8. The van der Waals surface area contributed by atoms with Crippen molar-refractivity contribution in [1.29, 1.82) is 0 Å². The van der Waals surface area contributed by atoms with Crippen LogP contribution in [-0.2, 0) is 0 Å². The van der Waals surface area contributed by atoms with Gasteiger partial charge < -0.3 is 20.1 Å². The Balaban J connectivity index is 1.32. The van der Waals surface area contributed by atoms with Gasteiger partial charge in [-0.15, -0.1) is 11.3 Å². The predicted molar refractivity (Wildman–Crippen MR) is 115 cm³/mol. The summed E-state index contributed by atoms with van der Waals surface area (Å²) in [5.74, 6) is 1.30. The lowest BCUT2D eigenvalue weighted by Gasteiger charge is -2.11. The fourth-order valence-corrected chi connectivity index (χ4v) is 4.15. The molecular formula is C22H17N3O3S. The molecule has 144 valence electrons. The standard InChI is InChI=1S/C22H17N3O3S/c1-13-10-14(21-24-17-4-2-3-5-20(17)29-21)6-8-16(13)25-22(26)23-15-7-9-18-19(11-15)28-12-27-18/h2-11H,12H2,1H3,(H2,23,25,26). The molecule has 1 aliphatic heterocycles. The lowest BCUT2D eigenvalue weighted by atomic mass is 10.1. The maximum Gasteiger partial charge on any atom is 0.323 e. The van der Waals surface area contributed by atoms with E-state index in [9.17, 15) is 4.79 Å². The van der Waals surface area contributed by atoms with Gasteiger partial charge in [0.2, 0.25) is 6.79 Å². The summed E-state index contributed by atoms with van der Waals surface area (Å²) in [5, 5.41) is 6.67. The first-order valence-corrected chi connectivity index (χ1v) is 9.92. The number of carbonyl (C=O) groups is 1. The molecule has 29 heavy (non-hydrogen) atoms. The molecule has 0 bridgehead atoms. The first-order valence-electron chi connectivity index (χ1n) is 9.10. The van der Waals surface area contributed by atoms with Crippen LogP contribution in [0, 0.1) is 6.92 Å². The molecule has 0 unspecified atom stereocenters. The zero-order chi connectivity index (χ0) is 19.8. The van der Waals surface area contributed by atoms with Gasteiger partial charge >= 0.3 is 6.03 Å². The zero-order valence-corrected chi connectivity index (χ0v) is 16.4. The smallest absolute Gasteiger partial charge is 0.323 e. The number of nitrogens with one attached hydrogen (secondary N) is 2. The zero-order valence-electron chi connectivity index (χ0n) is 15.6. The van der Waals surface area contributed by atoms with Gasteiger partial charge in [0, 0.05) is 23.0 Å². The Kier molecular flexibility index (Phi) is 4.29. The van der Waals surface area contributed by atoms with Crippen LogP contribution in [0.15, 0.2) is 60.7 Å². The Morgan fingerprint density at radius 3 is 2.72 bits per heavy atom. The molecule has 6 nitrogen and oxygen atoms in total. The van der Waals surface area contributed by atoms with Crippen LogP contribution in [0.25, 0.3) is 20.8 Å². The maximum atomic E-state index is 12.4. The monoisotopic (exact) mass is 403 g/mol. The van der Waals surface area contributed by atoms with E-state index < -0.39 is 0 Å².